The summed E-state index contributed by atoms with van der Waals surface area (Å²) in [6.45, 7) is 0.593. The van der Waals surface area contributed by atoms with Crippen LogP contribution in [-0.2, 0) is 6.42 Å². The van der Waals surface area contributed by atoms with Crippen LogP contribution >= 0.6 is 11.3 Å². The summed E-state index contributed by atoms with van der Waals surface area (Å²) >= 11 is 1.55. The molecule has 0 amide bonds. The van der Waals surface area contributed by atoms with E-state index in [1.54, 1.807) is 29.1 Å². The Hall–Kier alpha value is -2.21. The quantitative estimate of drug-likeness (QED) is 0.724. The lowest BCUT2D eigenvalue weighted by molar-refractivity contribution is 0.632. The molecule has 20 heavy (non-hydrogen) atoms. The standard InChI is InChI=1S/C14H13FN4S/c15-11-6-12(16)10-2-1-4-17-13(10)14(11)18-5-3-9-7-20-8-19-9/h1-2,4,6-8,18H,3,5,16H2. The van der Waals surface area contributed by atoms with Gasteiger partial charge < -0.3 is 11.1 Å². The fraction of sp³-hybridized carbons (Fsp3) is 0.143. The van der Waals surface area contributed by atoms with E-state index in [2.05, 4.69) is 15.3 Å². The van der Waals surface area contributed by atoms with E-state index in [4.69, 9.17) is 5.73 Å². The second-order valence-electron chi connectivity index (χ2n) is 4.38. The summed E-state index contributed by atoms with van der Waals surface area (Å²) in [6.07, 6.45) is 2.37. The van der Waals surface area contributed by atoms with E-state index in [1.165, 1.54) is 6.07 Å². The van der Waals surface area contributed by atoms with Crippen LogP contribution in [0.3, 0.4) is 0 Å². The number of benzene rings is 1. The molecule has 0 saturated carbocycles. The average Bonchev–Trinajstić information content (AvgIpc) is 2.96. The van der Waals surface area contributed by atoms with Crippen LogP contribution in [0.15, 0.2) is 35.3 Å². The number of hydrogen-bond acceptors (Lipinski definition) is 5. The minimum Gasteiger partial charge on any atom is -0.398 e. The molecule has 0 radical (unpaired) electrons. The van der Waals surface area contributed by atoms with E-state index in [0.717, 1.165) is 17.5 Å². The number of aromatic nitrogens is 2. The summed E-state index contributed by atoms with van der Waals surface area (Å²) in [7, 11) is 0. The third kappa shape index (κ3) is 2.42. The van der Waals surface area contributed by atoms with Gasteiger partial charge in [-0.05, 0) is 18.2 Å². The van der Waals surface area contributed by atoms with Gasteiger partial charge in [-0.15, -0.1) is 11.3 Å². The maximum absolute atomic E-state index is 14.1. The van der Waals surface area contributed by atoms with Crippen LogP contribution < -0.4 is 11.1 Å². The van der Waals surface area contributed by atoms with E-state index >= 15 is 0 Å². The molecule has 3 rings (SSSR count). The predicted octanol–water partition coefficient (Wildman–Crippen LogP) is 3.07. The molecule has 6 heteroatoms. The first-order valence-electron chi connectivity index (χ1n) is 6.19. The first-order chi connectivity index (χ1) is 9.75. The number of nitrogen functional groups attached to an aromatic ring is 1. The van der Waals surface area contributed by atoms with Crippen molar-refractivity contribution in [3.63, 3.8) is 0 Å². The smallest absolute Gasteiger partial charge is 0.150 e. The highest BCUT2D eigenvalue weighted by molar-refractivity contribution is 7.07. The molecular weight excluding hydrogens is 275 g/mol. The lowest BCUT2D eigenvalue weighted by Crippen LogP contribution is -2.08. The first kappa shape index (κ1) is 12.8. The lowest BCUT2D eigenvalue weighted by Gasteiger charge is -2.11. The monoisotopic (exact) mass is 288 g/mol. The number of hydrogen-bond donors (Lipinski definition) is 2. The maximum Gasteiger partial charge on any atom is 0.150 e. The van der Waals surface area contributed by atoms with Crippen LogP contribution in [0, 0.1) is 5.82 Å². The number of thiazole rings is 1. The second-order valence-corrected chi connectivity index (χ2v) is 5.10. The molecule has 2 heterocycles. The van der Waals surface area contributed by atoms with Crippen LogP contribution in [0.2, 0.25) is 0 Å². The molecule has 3 N–H and O–H groups in total. The summed E-state index contributed by atoms with van der Waals surface area (Å²) in [5, 5.41) is 5.83. The normalized spacial score (nSPS) is 10.8. The van der Waals surface area contributed by atoms with Crippen molar-refractivity contribution in [3.05, 3.63) is 46.8 Å². The van der Waals surface area contributed by atoms with Gasteiger partial charge in [0, 0.05) is 35.6 Å². The minimum atomic E-state index is -0.382. The lowest BCUT2D eigenvalue weighted by atomic mass is 10.1. The number of nitrogens with two attached hydrogens (primary N) is 1. The summed E-state index contributed by atoms with van der Waals surface area (Å²) < 4.78 is 14.1. The Morgan fingerprint density at radius 1 is 1.35 bits per heavy atom. The van der Waals surface area contributed by atoms with Gasteiger partial charge >= 0.3 is 0 Å². The molecule has 0 saturated heterocycles. The van der Waals surface area contributed by atoms with E-state index < -0.39 is 0 Å². The molecule has 0 atom stereocenters. The van der Waals surface area contributed by atoms with Crippen LogP contribution in [0.1, 0.15) is 5.69 Å². The molecule has 1 aromatic carbocycles. The highest BCUT2D eigenvalue weighted by Crippen LogP contribution is 2.29. The summed E-state index contributed by atoms with van der Waals surface area (Å²) in [6, 6.07) is 4.95. The van der Waals surface area contributed by atoms with Gasteiger partial charge in [0.1, 0.15) is 0 Å². The second kappa shape index (κ2) is 5.42. The van der Waals surface area contributed by atoms with Gasteiger partial charge in [-0.1, -0.05) is 0 Å². The van der Waals surface area contributed by atoms with Crippen molar-refractivity contribution in [2.24, 2.45) is 0 Å². The Bertz CT molecular complexity index is 727. The Labute approximate surface area is 119 Å². The zero-order valence-electron chi connectivity index (χ0n) is 10.6. The van der Waals surface area contributed by atoms with Crippen LogP contribution in [-0.4, -0.2) is 16.5 Å². The van der Waals surface area contributed by atoms with E-state index in [1.807, 2.05) is 11.4 Å². The van der Waals surface area contributed by atoms with Crippen LogP contribution in [0.5, 0.6) is 0 Å². The average molecular weight is 288 g/mol. The largest absolute Gasteiger partial charge is 0.398 e. The summed E-state index contributed by atoms with van der Waals surface area (Å²) in [4.78, 5) is 8.42. The molecular formula is C14H13FN4S. The predicted molar refractivity (Wildman–Crippen MR) is 80.4 cm³/mol. The van der Waals surface area contributed by atoms with Gasteiger partial charge in [-0.2, -0.15) is 0 Å². The van der Waals surface area contributed by atoms with Crippen molar-refractivity contribution in [2.45, 2.75) is 6.42 Å². The van der Waals surface area contributed by atoms with Crippen molar-refractivity contribution in [2.75, 3.05) is 17.6 Å². The van der Waals surface area contributed by atoms with Crippen LogP contribution in [0.25, 0.3) is 10.9 Å². The number of nitrogens with zero attached hydrogens (tertiary/aromatic N) is 2. The molecule has 2 aromatic heterocycles. The molecule has 4 nitrogen and oxygen atoms in total. The number of pyridine rings is 1. The van der Waals surface area contributed by atoms with Gasteiger partial charge in [-0.25, -0.2) is 9.37 Å². The third-order valence-electron chi connectivity index (χ3n) is 3.04. The first-order valence-corrected chi connectivity index (χ1v) is 7.13. The number of anilines is 2. The van der Waals surface area contributed by atoms with E-state index in [9.17, 15) is 4.39 Å². The van der Waals surface area contributed by atoms with Crippen molar-refractivity contribution in [3.8, 4) is 0 Å². The fourth-order valence-corrected chi connectivity index (χ4v) is 2.67. The van der Waals surface area contributed by atoms with Crippen molar-refractivity contribution in [1.29, 1.82) is 0 Å². The number of rotatable bonds is 4. The zero-order chi connectivity index (χ0) is 13.9. The summed E-state index contributed by atoms with van der Waals surface area (Å²) in [5.74, 6) is -0.382. The SMILES string of the molecule is Nc1cc(F)c(NCCc2cscn2)c2ncccc12. The Morgan fingerprint density at radius 2 is 2.25 bits per heavy atom. The molecule has 0 spiro atoms. The molecule has 102 valence electrons. The van der Waals surface area contributed by atoms with E-state index in [0.29, 0.717) is 23.4 Å². The number of fused-ring (bicyclic) bond motifs is 1. The molecule has 0 aliphatic carbocycles. The van der Waals surface area contributed by atoms with Crippen molar-refractivity contribution in [1.82, 2.24) is 9.97 Å². The highest BCUT2D eigenvalue weighted by atomic mass is 32.1. The van der Waals surface area contributed by atoms with Crippen molar-refractivity contribution >= 4 is 33.6 Å². The van der Waals surface area contributed by atoms with Gasteiger partial charge in [0.25, 0.3) is 0 Å². The number of halogens is 1. The minimum absolute atomic E-state index is 0.382. The summed E-state index contributed by atoms with van der Waals surface area (Å²) in [5.41, 5.74) is 9.95. The maximum atomic E-state index is 14.1. The Kier molecular flexibility index (Phi) is 3.47. The zero-order valence-corrected chi connectivity index (χ0v) is 11.5. The third-order valence-corrected chi connectivity index (χ3v) is 3.68. The molecule has 0 aliphatic heterocycles. The Morgan fingerprint density at radius 3 is 3.05 bits per heavy atom. The van der Waals surface area contributed by atoms with Gasteiger partial charge in [-0.3, -0.25) is 4.98 Å². The fourth-order valence-electron chi connectivity index (χ4n) is 2.08. The topological polar surface area (TPSA) is 63.8 Å². The molecule has 0 unspecified atom stereocenters. The van der Waals surface area contributed by atoms with Crippen LogP contribution in [0.4, 0.5) is 15.8 Å². The molecule has 3 aromatic rings. The molecule has 0 bridgehead atoms. The molecule has 0 fully saturated rings. The van der Waals surface area contributed by atoms with Gasteiger partial charge in [0.2, 0.25) is 0 Å². The van der Waals surface area contributed by atoms with Crippen molar-refractivity contribution < 1.29 is 4.39 Å². The molecule has 0 aliphatic rings. The highest BCUT2D eigenvalue weighted by Gasteiger charge is 2.11. The van der Waals surface area contributed by atoms with Gasteiger partial charge in [0.15, 0.2) is 5.82 Å². The number of nitrogens with one attached hydrogen (secondary N) is 1. The van der Waals surface area contributed by atoms with Gasteiger partial charge in [0.05, 0.1) is 22.4 Å². The van der Waals surface area contributed by atoms with E-state index in [-0.39, 0.29) is 5.82 Å². The Balaban J connectivity index is 1.87.